The molecule has 0 aromatic rings. The van der Waals surface area contributed by atoms with Gasteiger partial charge in [0.1, 0.15) is 12.1 Å². The zero-order valence-electron chi connectivity index (χ0n) is 10.0. The van der Waals surface area contributed by atoms with Gasteiger partial charge in [-0.25, -0.2) is 4.79 Å². The summed E-state index contributed by atoms with van der Waals surface area (Å²) in [4.78, 5) is 33.7. The van der Waals surface area contributed by atoms with Crippen molar-refractivity contribution in [3.8, 4) is 0 Å². The molecular weight excluding hydrogens is 224 g/mol. The van der Waals surface area contributed by atoms with E-state index in [2.05, 4.69) is 10.6 Å². The van der Waals surface area contributed by atoms with Crippen molar-refractivity contribution < 1.29 is 19.5 Å². The summed E-state index contributed by atoms with van der Waals surface area (Å²) in [5.41, 5.74) is 0. The Morgan fingerprint density at radius 3 is 2.65 bits per heavy atom. The molecular formula is C11H18N2O4. The highest BCUT2D eigenvalue weighted by Gasteiger charge is 2.32. The molecule has 0 aromatic heterocycles. The molecule has 0 spiro atoms. The average Bonchev–Trinajstić information content (AvgIpc) is 2.71. The molecule has 1 rings (SSSR count). The lowest BCUT2D eigenvalue weighted by Crippen LogP contribution is -2.51. The van der Waals surface area contributed by atoms with Gasteiger partial charge in [0.05, 0.1) is 0 Å². The molecule has 1 aliphatic rings. The van der Waals surface area contributed by atoms with Crippen molar-refractivity contribution in [2.45, 2.75) is 45.2 Å². The largest absolute Gasteiger partial charge is 0.480 e. The first-order chi connectivity index (χ1) is 7.95. The van der Waals surface area contributed by atoms with Gasteiger partial charge in [0.15, 0.2) is 0 Å². The third-order valence-electron chi connectivity index (χ3n) is 3.09. The van der Waals surface area contributed by atoms with Crippen molar-refractivity contribution in [3.63, 3.8) is 0 Å². The van der Waals surface area contributed by atoms with Crippen molar-refractivity contribution in [1.29, 1.82) is 0 Å². The second-order valence-electron chi connectivity index (χ2n) is 4.37. The molecule has 96 valence electrons. The Kier molecular flexibility index (Phi) is 4.48. The molecule has 2 amide bonds. The third kappa shape index (κ3) is 3.44. The van der Waals surface area contributed by atoms with Gasteiger partial charge in [0.2, 0.25) is 11.8 Å². The molecule has 0 unspecified atom stereocenters. The maximum absolute atomic E-state index is 11.7. The van der Waals surface area contributed by atoms with Gasteiger partial charge in [-0.2, -0.15) is 0 Å². The number of carbonyl (C=O) groups is 3. The molecule has 3 atom stereocenters. The van der Waals surface area contributed by atoms with E-state index < -0.39 is 24.0 Å². The predicted molar refractivity (Wildman–Crippen MR) is 60.2 cm³/mol. The van der Waals surface area contributed by atoms with Gasteiger partial charge in [-0.05, 0) is 12.3 Å². The molecule has 0 aliphatic carbocycles. The quantitative estimate of drug-likeness (QED) is 0.626. The lowest BCUT2D eigenvalue weighted by atomic mass is 9.99. The summed E-state index contributed by atoms with van der Waals surface area (Å²) in [6.07, 6.45) is 1.41. The van der Waals surface area contributed by atoms with Crippen molar-refractivity contribution in [2.75, 3.05) is 0 Å². The van der Waals surface area contributed by atoms with Crippen LogP contribution in [0.5, 0.6) is 0 Å². The van der Waals surface area contributed by atoms with E-state index >= 15 is 0 Å². The monoisotopic (exact) mass is 242 g/mol. The van der Waals surface area contributed by atoms with Gasteiger partial charge in [0, 0.05) is 6.42 Å². The molecule has 0 aromatic carbocycles. The first-order valence-electron chi connectivity index (χ1n) is 5.78. The summed E-state index contributed by atoms with van der Waals surface area (Å²) in [6, 6.07) is -1.49. The second-order valence-corrected chi connectivity index (χ2v) is 4.37. The van der Waals surface area contributed by atoms with Crippen molar-refractivity contribution in [3.05, 3.63) is 0 Å². The van der Waals surface area contributed by atoms with Crippen LogP contribution in [0.25, 0.3) is 0 Å². The van der Waals surface area contributed by atoms with E-state index in [9.17, 15) is 14.4 Å². The Morgan fingerprint density at radius 1 is 1.59 bits per heavy atom. The lowest BCUT2D eigenvalue weighted by molar-refractivity contribution is -0.143. The zero-order chi connectivity index (χ0) is 13.0. The molecule has 6 nitrogen and oxygen atoms in total. The molecule has 1 saturated heterocycles. The normalized spacial score (nSPS) is 22.7. The van der Waals surface area contributed by atoms with Crippen LogP contribution in [0, 0.1) is 5.92 Å². The minimum atomic E-state index is -1.04. The van der Waals surface area contributed by atoms with Crippen LogP contribution in [0.1, 0.15) is 33.1 Å². The number of hydrogen-bond donors (Lipinski definition) is 3. The zero-order valence-corrected chi connectivity index (χ0v) is 10.0. The molecule has 0 radical (unpaired) electrons. The Bertz CT molecular complexity index is 329. The van der Waals surface area contributed by atoms with Crippen molar-refractivity contribution in [2.24, 2.45) is 5.92 Å². The Morgan fingerprint density at radius 2 is 2.24 bits per heavy atom. The first kappa shape index (κ1) is 13.5. The number of hydrogen-bond acceptors (Lipinski definition) is 3. The summed E-state index contributed by atoms with van der Waals surface area (Å²) < 4.78 is 0. The summed E-state index contributed by atoms with van der Waals surface area (Å²) in [7, 11) is 0. The number of carboxylic acids is 1. The number of carbonyl (C=O) groups excluding carboxylic acids is 2. The van der Waals surface area contributed by atoms with Crippen molar-refractivity contribution >= 4 is 17.8 Å². The van der Waals surface area contributed by atoms with Crippen LogP contribution in [0.4, 0.5) is 0 Å². The first-order valence-corrected chi connectivity index (χ1v) is 5.78. The maximum Gasteiger partial charge on any atom is 0.326 e. The topological polar surface area (TPSA) is 95.5 Å². The van der Waals surface area contributed by atoms with Gasteiger partial charge >= 0.3 is 5.97 Å². The molecule has 1 aliphatic heterocycles. The van der Waals surface area contributed by atoms with E-state index in [1.165, 1.54) is 0 Å². The average molecular weight is 242 g/mol. The molecule has 17 heavy (non-hydrogen) atoms. The summed E-state index contributed by atoms with van der Waals surface area (Å²) >= 11 is 0. The smallest absolute Gasteiger partial charge is 0.326 e. The number of carboxylic acid groups (broad SMARTS) is 1. The van der Waals surface area contributed by atoms with Crippen molar-refractivity contribution in [1.82, 2.24) is 10.6 Å². The van der Waals surface area contributed by atoms with E-state index in [4.69, 9.17) is 5.11 Å². The molecule has 1 heterocycles. The number of amides is 2. The predicted octanol–water partition coefficient (Wildman–Crippen LogP) is -0.119. The van der Waals surface area contributed by atoms with Crippen LogP contribution in [-0.4, -0.2) is 35.0 Å². The Hall–Kier alpha value is -1.59. The SMILES string of the molecule is CC[C@@H](C)[C@H](NC(=O)[C@H]1CCC(=O)N1)C(=O)O. The Labute approximate surface area is 99.8 Å². The summed E-state index contributed by atoms with van der Waals surface area (Å²) in [5, 5.41) is 14.0. The molecule has 6 heteroatoms. The molecule has 1 fully saturated rings. The van der Waals surface area contributed by atoms with Crippen LogP contribution in [0.2, 0.25) is 0 Å². The van der Waals surface area contributed by atoms with E-state index in [-0.39, 0.29) is 11.8 Å². The van der Waals surface area contributed by atoms with Crippen LogP contribution in [-0.2, 0) is 14.4 Å². The van der Waals surface area contributed by atoms with Crippen LogP contribution < -0.4 is 10.6 Å². The van der Waals surface area contributed by atoms with Crippen LogP contribution >= 0.6 is 0 Å². The fraction of sp³-hybridized carbons (Fsp3) is 0.727. The minimum absolute atomic E-state index is 0.145. The molecule has 0 bridgehead atoms. The van der Waals surface area contributed by atoms with Gasteiger partial charge in [-0.1, -0.05) is 20.3 Å². The maximum atomic E-state index is 11.7. The number of rotatable bonds is 5. The fourth-order valence-corrected chi connectivity index (χ4v) is 1.75. The van der Waals surface area contributed by atoms with E-state index in [1.807, 2.05) is 6.92 Å². The van der Waals surface area contributed by atoms with E-state index in [0.29, 0.717) is 19.3 Å². The highest BCUT2D eigenvalue weighted by molar-refractivity contribution is 5.92. The van der Waals surface area contributed by atoms with Crippen LogP contribution in [0.15, 0.2) is 0 Å². The van der Waals surface area contributed by atoms with Gasteiger partial charge < -0.3 is 15.7 Å². The number of nitrogens with one attached hydrogen (secondary N) is 2. The second kappa shape index (κ2) is 5.65. The molecule has 0 saturated carbocycles. The van der Waals surface area contributed by atoms with E-state index in [0.717, 1.165) is 0 Å². The van der Waals surface area contributed by atoms with E-state index in [1.54, 1.807) is 6.92 Å². The van der Waals surface area contributed by atoms with Crippen LogP contribution in [0.3, 0.4) is 0 Å². The summed E-state index contributed by atoms with van der Waals surface area (Å²) in [6.45, 7) is 3.64. The van der Waals surface area contributed by atoms with Gasteiger partial charge in [-0.15, -0.1) is 0 Å². The Balaban J connectivity index is 2.58. The lowest BCUT2D eigenvalue weighted by Gasteiger charge is -2.21. The highest BCUT2D eigenvalue weighted by atomic mass is 16.4. The fourth-order valence-electron chi connectivity index (χ4n) is 1.75. The minimum Gasteiger partial charge on any atom is -0.480 e. The third-order valence-corrected chi connectivity index (χ3v) is 3.09. The van der Waals surface area contributed by atoms with Gasteiger partial charge in [0.25, 0.3) is 0 Å². The standard InChI is InChI=1S/C11H18N2O4/c1-3-6(2)9(11(16)17)13-10(15)7-4-5-8(14)12-7/h6-7,9H,3-5H2,1-2H3,(H,12,14)(H,13,15)(H,16,17)/t6-,7-,9+/m1/s1. The highest BCUT2D eigenvalue weighted by Crippen LogP contribution is 2.11. The van der Waals surface area contributed by atoms with Gasteiger partial charge in [-0.3, -0.25) is 9.59 Å². The molecule has 3 N–H and O–H groups in total. The summed E-state index contributed by atoms with van der Waals surface area (Å²) in [5.74, 6) is -1.77. The number of aliphatic carboxylic acids is 1.